The van der Waals surface area contributed by atoms with Gasteiger partial charge < -0.3 is 15.5 Å². The highest BCUT2D eigenvalue weighted by atomic mass is 35.5. The summed E-state index contributed by atoms with van der Waals surface area (Å²) in [6.45, 7) is 1.26. The van der Waals surface area contributed by atoms with E-state index in [1.165, 1.54) is 5.56 Å². The van der Waals surface area contributed by atoms with Gasteiger partial charge in [0.25, 0.3) is 5.56 Å². The first-order valence-corrected chi connectivity index (χ1v) is 11.2. The number of aromatic amines is 1. The van der Waals surface area contributed by atoms with Crippen LogP contribution in [-0.4, -0.2) is 28.3 Å². The van der Waals surface area contributed by atoms with E-state index in [2.05, 4.69) is 26.7 Å². The minimum atomic E-state index is -1.02. The predicted molar refractivity (Wildman–Crippen MR) is 127 cm³/mol. The molecule has 33 heavy (non-hydrogen) atoms. The van der Waals surface area contributed by atoms with Crippen molar-refractivity contribution in [2.45, 2.75) is 25.3 Å². The van der Waals surface area contributed by atoms with Crippen molar-refractivity contribution in [1.29, 1.82) is 0 Å². The van der Waals surface area contributed by atoms with Crippen LogP contribution in [0.3, 0.4) is 0 Å². The van der Waals surface area contributed by atoms with Crippen LogP contribution >= 0.6 is 23.2 Å². The lowest BCUT2D eigenvalue weighted by Crippen LogP contribution is -2.38. The summed E-state index contributed by atoms with van der Waals surface area (Å²) in [5, 5.41) is 5.78. The molecule has 3 N–H and O–H groups in total. The summed E-state index contributed by atoms with van der Waals surface area (Å²) >= 11 is 12.2. The molecule has 3 aromatic rings. The smallest absolute Gasteiger partial charge is 0.258 e. The fourth-order valence-corrected chi connectivity index (χ4v) is 4.58. The first-order chi connectivity index (χ1) is 15.9. The molecule has 0 aliphatic carbocycles. The van der Waals surface area contributed by atoms with Crippen LogP contribution in [0.5, 0.6) is 0 Å². The number of benzene rings is 2. The Morgan fingerprint density at radius 2 is 1.88 bits per heavy atom. The Labute approximate surface area is 198 Å². The Morgan fingerprint density at radius 1 is 1.09 bits per heavy atom. The largest absolute Gasteiger partial charge is 0.338 e. The molecule has 1 atom stereocenters. The van der Waals surface area contributed by atoms with Gasteiger partial charge in [-0.25, -0.2) is 0 Å². The van der Waals surface area contributed by atoms with Crippen LogP contribution in [0.25, 0.3) is 0 Å². The zero-order valence-electron chi connectivity index (χ0n) is 17.3. The fourth-order valence-electron chi connectivity index (χ4n) is 4.23. The van der Waals surface area contributed by atoms with E-state index in [-0.39, 0.29) is 27.8 Å². The molecule has 1 unspecified atom stereocenters. The van der Waals surface area contributed by atoms with Crippen LogP contribution in [0.2, 0.25) is 10.0 Å². The third-order valence-corrected chi connectivity index (χ3v) is 6.71. The van der Waals surface area contributed by atoms with Crippen LogP contribution < -0.4 is 21.1 Å². The number of hydrogen-bond donors (Lipinski definition) is 3. The first kappa shape index (κ1) is 21.5. The van der Waals surface area contributed by atoms with Gasteiger partial charge in [0, 0.05) is 19.5 Å². The van der Waals surface area contributed by atoms with Crippen molar-refractivity contribution in [1.82, 2.24) is 9.97 Å². The van der Waals surface area contributed by atoms with E-state index in [1.54, 1.807) is 18.2 Å². The number of nitrogens with zero attached hydrogens (tertiary/aromatic N) is 2. The number of hydrogen-bond acceptors (Lipinski definition) is 5. The molecule has 1 aromatic heterocycles. The monoisotopic (exact) mass is 483 g/mol. The molecule has 2 aromatic carbocycles. The van der Waals surface area contributed by atoms with Gasteiger partial charge in [-0.05, 0) is 29.7 Å². The van der Waals surface area contributed by atoms with Crippen molar-refractivity contribution in [3.05, 3.63) is 79.6 Å². The van der Waals surface area contributed by atoms with Crippen molar-refractivity contribution in [2.24, 2.45) is 0 Å². The quantitative estimate of drug-likeness (QED) is 0.526. The molecule has 2 aliphatic heterocycles. The van der Waals surface area contributed by atoms with Crippen LogP contribution in [0.4, 0.5) is 17.5 Å². The molecule has 0 bridgehead atoms. The number of carbonyl (C=O) groups excluding carboxylic acids is 2. The lowest BCUT2D eigenvalue weighted by molar-refractivity contribution is -0.123. The van der Waals surface area contributed by atoms with Crippen molar-refractivity contribution in [2.75, 3.05) is 22.1 Å². The Hall–Kier alpha value is -3.36. The number of aromatic nitrogens is 2. The molecule has 0 radical (unpaired) electrons. The van der Waals surface area contributed by atoms with Crippen LogP contribution in [0.1, 0.15) is 29.0 Å². The van der Waals surface area contributed by atoms with Crippen LogP contribution in [0, 0.1) is 0 Å². The third kappa shape index (κ3) is 4.07. The highest BCUT2D eigenvalue weighted by molar-refractivity contribution is 6.44. The second-order valence-electron chi connectivity index (χ2n) is 7.99. The number of H-pyrrole nitrogens is 1. The van der Waals surface area contributed by atoms with Gasteiger partial charge in [0.1, 0.15) is 5.82 Å². The van der Waals surface area contributed by atoms with Gasteiger partial charge in [-0.15, -0.1) is 0 Å². The zero-order chi connectivity index (χ0) is 23.1. The molecule has 8 nitrogen and oxygen atoms in total. The third-order valence-electron chi connectivity index (χ3n) is 5.89. The van der Waals surface area contributed by atoms with E-state index >= 15 is 0 Å². The summed E-state index contributed by atoms with van der Waals surface area (Å²) in [7, 11) is 0. The van der Waals surface area contributed by atoms with E-state index < -0.39 is 23.3 Å². The summed E-state index contributed by atoms with van der Waals surface area (Å²) in [6, 6.07) is 12.9. The maximum absolute atomic E-state index is 13.1. The second kappa shape index (κ2) is 8.53. The second-order valence-corrected chi connectivity index (χ2v) is 8.77. The number of amides is 2. The number of fused-ring (bicyclic) bond motifs is 2. The Kier molecular flexibility index (Phi) is 5.55. The van der Waals surface area contributed by atoms with E-state index in [0.717, 1.165) is 12.0 Å². The maximum atomic E-state index is 13.1. The Morgan fingerprint density at radius 3 is 2.70 bits per heavy atom. The molecule has 5 rings (SSSR count). The zero-order valence-corrected chi connectivity index (χ0v) is 18.8. The fraction of sp³-hybridized carbons (Fsp3) is 0.217. The molecule has 0 spiro atoms. The lowest BCUT2D eigenvalue weighted by Gasteiger charge is -2.30. The van der Waals surface area contributed by atoms with Gasteiger partial charge in [-0.1, -0.05) is 53.5 Å². The molecule has 168 valence electrons. The average Bonchev–Trinajstić information content (AvgIpc) is 2.80. The van der Waals surface area contributed by atoms with E-state index in [9.17, 15) is 14.4 Å². The molecule has 10 heteroatoms. The van der Waals surface area contributed by atoms with Crippen molar-refractivity contribution >= 4 is 52.5 Å². The van der Waals surface area contributed by atoms with Crippen LogP contribution in [0.15, 0.2) is 47.3 Å². The van der Waals surface area contributed by atoms with Gasteiger partial charge in [0.05, 0.1) is 27.2 Å². The molecular formula is C23H19Cl2N5O3. The molecular weight excluding hydrogens is 465 g/mol. The normalized spacial score (nSPS) is 17.1. The van der Waals surface area contributed by atoms with Gasteiger partial charge in [-0.2, -0.15) is 4.98 Å². The number of carbonyl (C=O) groups is 2. The average molecular weight is 484 g/mol. The molecule has 0 fully saturated rings. The minimum absolute atomic E-state index is 0.0983. The summed E-state index contributed by atoms with van der Waals surface area (Å²) in [5.41, 5.74) is 2.37. The maximum Gasteiger partial charge on any atom is 0.258 e. The van der Waals surface area contributed by atoms with E-state index in [1.807, 2.05) is 23.1 Å². The highest BCUT2D eigenvalue weighted by Crippen LogP contribution is 2.34. The molecule has 2 aliphatic rings. The summed E-state index contributed by atoms with van der Waals surface area (Å²) < 4.78 is 0. The Balaban J connectivity index is 1.46. The lowest BCUT2D eigenvalue weighted by atomic mass is 9.92. The highest BCUT2D eigenvalue weighted by Gasteiger charge is 2.35. The summed E-state index contributed by atoms with van der Waals surface area (Å²) in [6.07, 6.45) is 0.632. The molecule has 3 heterocycles. The molecule has 0 saturated carbocycles. The first-order valence-electron chi connectivity index (χ1n) is 10.4. The molecule has 0 saturated heterocycles. The molecule has 2 amide bonds. The van der Waals surface area contributed by atoms with Gasteiger partial charge in [0.15, 0.2) is 0 Å². The van der Waals surface area contributed by atoms with Crippen molar-refractivity contribution < 1.29 is 9.59 Å². The van der Waals surface area contributed by atoms with Crippen LogP contribution in [-0.2, 0) is 22.6 Å². The standard InChI is InChI=1S/C23H19Cl2N5O3/c24-15-6-3-7-16(19(15)25)26-21(32)14-10-17(31)27-20-18(14)22(33)29-23(28-20)30-9-8-12-4-1-2-5-13(12)11-30/h1-7,14H,8-11H2,(H,26,32)(H2,27,28,29,31,33). The number of rotatable bonds is 3. The number of nitrogens with one attached hydrogen (secondary N) is 3. The van der Waals surface area contributed by atoms with Crippen molar-refractivity contribution in [3.8, 4) is 0 Å². The topological polar surface area (TPSA) is 107 Å². The SMILES string of the molecule is O=C1CC(C(=O)Nc2cccc(Cl)c2Cl)c2c(nc(N3CCc4ccccc4C3)[nH]c2=O)N1. The number of anilines is 3. The Bertz CT molecular complexity index is 1340. The van der Waals surface area contributed by atoms with Gasteiger partial charge >= 0.3 is 0 Å². The number of halogens is 2. The minimum Gasteiger partial charge on any atom is -0.338 e. The van der Waals surface area contributed by atoms with E-state index in [0.29, 0.717) is 24.7 Å². The van der Waals surface area contributed by atoms with Gasteiger partial charge in [0.2, 0.25) is 17.8 Å². The predicted octanol–water partition coefficient (Wildman–Crippen LogP) is 3.70. The summed E-state index contributed by atoms with van der Waals surface area (Å²) in [5.74, 6) is -1.50. The van der Waals surface area contributed by atoms with E-state index in [4.69, 9.17) is 23.2 Å². The van der Waals surface area contributed by atoms with Gasteiger partial charge in [-0.3, -0.25) is 19.4 Å². The summed E-state index contributed by atoms with van der Waals surface area (Å²) in [4.78, 5) is 47.7. The van der Waals surface area contributed by atoms with Crippen molar-refractivity contribution in [3.63, 3.8) is 0 Å².